The van der Waals surface area contributed by atoms with Crippen LogP contribution in [0.15, 0.2) is 0 Å². The van der Waals surface area contributed by atoms with Gasteiger partial charge in [0.15, 0.2) is 0 Å². The van der Waals surface area contributed by atoms with Gasteiger partial charge in [0.05, 0.1) is 18.3 Å². The summed E-state index contributed by atoms with van der Waals surface area (Å²) in [6, 6.07) is 0. The van der Waals surface area contributed by atoms with Gasteiger partial charge < -0.3 is 35.1 Å². The average molecular weight is 233 g/mol. The monoisotopic (exact) mass is 233 g/mol. The number of ether oxygens (including phenoxy) is 1. The van der Waals surface area contributed by atoms with Gasteiger partial charge in [-0.25, -0.2) is 0 Å². The van der Waals surface area contributed by atoms with E-state index in [1.54, 1.807) is 0 Å². The Morgan fingerprint density at radius 3 is 2.56 bits per heavy atom. The topological polar surface area (TPSA) is 130 Å². The van der Waals surface area contributed by atoms with Crippen molar-refractivity contribution in [3.05, 3.63) is 6.92 Å². The summed E-state index contributed by atoms with van der Waals surface area (Å²) in [5.74, 6) is -4.60. The van der Waals surface area contributed by atoms with Crippen molar-refractivity contribution in [1.82, 2.24) is 0 Å². The predicted octanol–water partition coefficient (Wildman–Crippen LogP) is -3.60. The molecule has 0 aromatic rings. The van der Waals surface area contributed by atoms with Crippen molar-refractivity contribution in [2.45, 2.75) is 43.0 Å². The van der Waals surface area contributed by atoms with Crippen molar-refractivity contribution in [1.29, 1.82) is 0 Å². The third kappa shape index (κ3) is 2.69. The maximum atomic E-state index is 10.6. The largest absolute Gasteiger partial charge is 0.544 e. The van der Waals surface area contributed by atoms with Gasteiger partial charge in [0.25, 0.3) is 0 Å². The molecule has 1 rings (SSSR count). The van der Waals surface area contributed by atoms with Crippen molar-refractivity contribution in [2.75, 3.05) is 0 Å². The first kappa shape index (κ1) is 13.3. The molecule has 2 radical (unpaired) electrons. The van der Waals surface area contributed by atoms with E-state index in [2.05, 4.69) is 4.74 Å². The van der Waals surface area contributed by atoms with E-state index in [0.29, 0.717) is 0 Å². The molecule has 4 N–H and O–H groups in total. The summed E-state index contributed by atoms with van der Waals surface area (Å²) in [5, 5.41) is 47.6. The fourth-order valence-corrected chi connectivity index (χ4v) is 1.58. The second kappa shape index (κ2) is 4.64. The van der Waals surface area contributed by atoms with Crippen LogP contribution in [0, 0.1) is 6.92 Å². The Kier molecular flexibility index (Phi) is 3.87. The van der Waals surface area contributed by atoms with Gasteiger partial charge in [0, 0.05) is 12.8 Å². The first-order chi connectivity index (χ1) is 7.26. The highest BCUT2D eigenvalue weighted by molar-refractivity contribution is 5.73. The van der Waals surface area contributed by atoms with E-state index >= 15 is 0 Å². The zero-order chi connectivity index (χ0) is 12.5. The molecule has 1 aliphatic rings. The quantitative estimate of drug-likeness (QED) is 0.396. The highest BCUT2D eigenvalue weighted by Crippen LogP contribution is 2.29. The van der Waals surface area contributed by atoms with Crippen molar-refractivity contribution in [2.24, 2.45) is 0 Å². The van der Waals surface area contributed by atoms with E-state index in [1.807, 2.05) is 0 Å². The van der Waals surface area contributed by atoms with Gasteiger partial charge in [-0.05, 0) is 6.92 Å². The molecule has 1 fully saturated rings. The molecule has 1 heterocycles. The van der Waals surface area contributed by atoms with E-state index in [-0.39, 0.29) is 6.42 Å². The molecule has 0 bridgehead atoms. The standard InChI is InChI=1S/C9H14O7/c1-4(10)7(12)6-2-5(11)3-9(15,16-6)8(13)14/h1,4-7,10-12,15H,2-3H2,(H,13,14)/p-1. The van der Waals surface area contributed by atoms with Gasteiger partial charge in [-0.15, -0.1) is 0 Å². The molecule has 0 aliphatic carbocycles. The van der Waals surface area contributed by atoms with Crippen molar-refractivity contribution in [3.63, 3.8) is 0 Å². The number of hydrogen-bond donors (Lipinski definition) is 4. The molecule has 16 heavy (non-hydrogen) atoms. The van der Waals surface area contributed by atoms with Gasteiger partial charge in [0.2, 0.25) is 5.79 Å². The highest BCUT2D eigenvalue weighted by atomic mass is 16.7. The Morgan fingerprint density at radius 2 is 2.12 bits per heavy atom. The maximum Gasteiger partial charge on any atom is 0.209 e. The lowest BCUT2D eigenvalue weighted by molar-refractivity contribution is -0.371. The molecule has 0 aromatic heterocycles. The van der Waals surface area contributed by atoms with Crippen molar-refractivity contribution in [3.8, 4) is 0 Å². The molecular formula is C9H13O7-. The summed E-state index contributed by atoms with van der Waals surface area (Å²) in [5.41, 5.74) is 0. The summed E-state index contributed by atoms with van der Waals surface area (Å²) in [6.45, 7) is 4.98. The van der Waals surface area contributed by atoms with Gasteiger partial charge >= 0.3 is 0 Å². The molecule has 5 atom stereocenters. The van der Waals surface area contributed by atoms with Crippen LogP contribution < -0.4 is 5.11 Å². The predicted molar refractivity (Wildman–Crippen MR) is 46.4 cm³/mol. The Balaban J connectivity index is 2.79. The molecule has 7 heteroatoms. The third-order valence-electron chi connectivity index (χ3n) is 2.41. The zero-order valence-corrected chi connectivity index (χ0v) is 8.31. The fraction of sp³-hybridized carbons (Fsp3) is 0.778. The lowest BCUT2D eigenvalue weighted by atomic mass is 9.94. The lowest BCUT2D eigenvalue weighted by Gasteiger charge is -2.41. The Bertz CT molecular complexity index is 267. The Hall–Kier alpha value is -0.730. The van der Waals surface area contributed by atoms with Crippen LogP contribution in [0.1, 0.15) is 12.8 Å². The Labute approximate surface area is 91.9 Å². The molecule has 1 saturated heterocycles. The van der Waals surface area contributed by atoms with Crippen LogP contribution in [0.5, 0.6) is 0 Å². The molecule has 0 amide bonds. The molecule has 0 aromatic carbocycles. The van der Waals surface area contributed by atoms with E-state index < -0.39 is 42.6 Å². The SMILES string of the molecule is [CH]C(O)C(O)C1CC(O)CC(O)(C(=O)[O-])O1. The summed E-state index contributed by atoms with van der Waals surface area (Å²) in [4.78, 5) is 10.6. The number of hydrogen-bond acceptors (Lipinski definition) is 7. The smallest absolute Gasteiger partial charge is 0.209 e. The van der Waals surface area contributed by atoms with Crippen LogP contribution in [-0.2, 0) is 9.53 Å². The maximum absolute atomic E-state index is 10.6. The number of rotatable bonds is 3. The average Bonchev–Trinajstić information content (AvgIpc) is 2.14. The number of carbonyl (C=O) groups is 1. The van der Waals surface area contributed by atoms with Crippen molar-refractivity contribution >= 4 is 5.97 Å². The summed E-state index contributed by atoms with van der Waals surface area (Å²) in [7, 11) is 0. The first-order valence-electron chi connectivity index (χ1n) is 4.67. The number of aliphatic carboxylic acids is 1. The first-order valence-corrected chi connectivity index (χ1v) is 4.67. The van der Waals surface area contributed by atoms with Gasteiger partial charge in [-0.3, -0.25) is 0 Å². The Morgan fingerprint density at radius 1 is 1.56 bits per heavy atom. The second-order valence-corrected chi connectivity index (χ2v) is 3.80. The number of carboxylic acid groups (broad SMARTS) is 1. The van der Waals surface area contributed by atoms with Crippen LogP contribution in [0.4, 0.5) is 0 Å². The summed E-state index contributed by atoms with van der Waals surface area (Å²) < 4.78 is 4.67. The lowest BCUT2D eigenvalue weighted by Crippen LogP contribution is -2.59. The molecular weight excluding hydrogens is 220 g/mol. The minimum atomic E-state index is -2.68. The minimum absolute atomic E-state index is 0.148. The zero-order valence-electron chi connectivity index (χ0n) is 8.31. The van der Waals surface area contributed by atoms with Gasteiger partial charge in [-0.1, -0.05) is 0 Å². The van der Waals surface area contributed by atoms with Crippen LogP contribution in [0.3, 0.4) is 0 Å². The minimum Gasteiger partial charge on any atom is -0.544 e. The van der Waals surface area contributed by atoms with E-state index in [1.165, 1.54) is 0 Å². The van der Waals surface area contributed by atoms with Crippen LogP contribution >= 0.6 is 0 Å². The van der Waals surface area contributed by atoms with E-state index in [4.69, 9.17) is 12.0 Å². The number of aliphatic hydroxyl groups excluding tert-OH is 3. The summed E-state index contributed by atoms with van der Waals surface area (Å²) >= 11 is 0. The molecule has 0 saturated carbocycles. The molecule has 7 nitrogen and oxygen atoms in total. The molecule has 0 spiro atoms. The molecule has 1 aliphatic heterocycles. The van der Waals surface area contributed by atoms with Crippen molar-refractivity contribution < 1.29 is 35.1 Å². The molecule has 92 valence electrons. The second-order valence-electron chi connectivity index (χ2n) is 3.80. The third-order valence-corrected chi connectivity index (χ3v) is 2.41. The van der Waals surface area contributed by atoms with Crippen LogP contribution in [-0.4, -0.2) is 56.6 Å². The number of carbonyl (C=O) groups excluding carboxylic acids is 1. The van der Waals surface area contributed by atoms with Crippen LogP contribution in [0.2, 0.25) is 0 Å². The summed E-state index contributed by atoms with van der Waals surface area (Å²) in [6.07, 6.45) is -6.48. The normalized spacial score (nSPS) is 39.1. The molecule has 5 unspecified atom stereocenters. The van der Waals surface area contributed by atoms with Gasteiger partial charge in [-0.2, -0.15) is 0 Å². The van der Waals surface area contributed by atoms with Gasteiger partial charge in [0.1, 0.15) is 12.1 Å². The van der Waals surface area contributed by atoms with E-state index in [9.17, 15) is 25.2 Å². The van der Waals surface area contributed by atoms with Crippen LogP contribution in [0.25, 0.3) is 0 Å². The highest BCUT2D eigenvalue weighted by Gasteiger charge is 2.44. The number of aliphatic hydroxyl groups is 4. The fourth-order valence-electron chi connectivity index (χ4n) is 1.58. The van der Waals surface area contributed by atoms with E-state index in [0.717, 1.165) is 0 Å². The number of carboxylic acids is 1.